The molecule has 0 atom stereocenters. The molecule has 0 saturated heterocycles. The lowest BCUT2D eigenvalue weighted by atomic mass is 10.1. The molecule has 0 radical (unpaired) electrons. The SMILES string of the molecule is CCn1cc(C(=O)OC)c(-c2ccccc2Br)c1. The van der Waals surface area contributed by atoms with Gasteiger partial charge < -0.3 is 9.30 Å². The Morgan fingerprint density at radius 2 is 2.00 bits per heavy atom. The highest BCUT2D eigenvalue weighted by molar-refractivity contribution is 9.10. The Balaban J connectivity index is 2.59. The van der Waals surface area contributed by atoms with Gasteiger partial charge in [-0.25, -0.2) is 4.79 Å². The molecule has 2 aromatic rings. The molecule has 2 rings (SSSR count). The van der Waals surface area contributed by atoms with E-state index in [2.05, 4.69) is 15.9 Å². The molecule has 0 bridgehead atoms. The minimum absolute atomic E-state index is 0.312. The van der Waals surface area contributed by atoms with Crippen molar-refractivity contribution in [2.24, 2.45) is 0 Å². The molecule has 0 aliphatic carbocycles. The summed E-state index contributed by atoms with van der Waals surface area (Å²) in [6.45, 7) is 2.85. The molecule has 1 aromatic carbocycles. The molecule has 18 heavy (non-hydrogen) atoms. The molecular weight excluding hydrogens is 294 g/mol. The first-order valence-corrected chi connectivity index (χ1v) is 6.49. The molecule has 0 saturated carbocycles. The number of hydrogen-bond donors (Lipinski definition) is 0. The fraction of sp³-hybridized carbons (Fsp3) is 0.214. The third kappa shape index (κ3) is 2.34. The van der Waals surface area contributed by atoms with Crippen LogP contribution in [-0.4, -0.2) is 17.6 Å². The molecule has 94 valence electrons. The second-order valence-corrected chi connectivity index (χ2v) is 4.74. The lowest BCUT2D eigenvalue weighted by molar-refractivity contribution is 0.0601. The van der Waals surface area contributed by atoms with Crippen molar-refractivity contribution in [3.8, 4) is 11.1 Å². The van der Waals surface area contributed by atoms with E-state index < -0.39 is 0 Å². The Hall–Kier alpha value is -1.55. The van der Waals surface area contributed by atoms with Gasteiger partial charge in [0.2, 0.25) is 0 Å². The number of esters is 1. The molecule has 0 spiro atoms. The molecule has 1 aromatic heterocycles. The predicted molar refractivity (Wildman–Crippen MR) is 74.6 cm³/mol. The summed E-state index contributed by atoms with van der Waals surface area (Å²) in [7, 11) is 1.40. The highest BCUT2D eigenvalue weighted by Crippen LogP contribution is 2.31. The van der Waals surface area contributed by atoms with Gasteiger partial charge >= 0.3 is 5.97 Å². The maximum atomic E-state index is 11.8. The summed E-state index contributed by atoms with van der Waals surface area (Å²) in [5.74, 6) is -0.312. The summed E-state index contributed by atoms with van der Waals surface area (Å²) >= 11 is 3.51. The molecular formula is C14H14BrNO2. The van der Waals surface area contributed by atoms with Crippen LogP contribution in [-0.2, 0) is 11.3 Å². The lowest BCUT2D eigenvalue weighted by Crippen LogP contribution is -2.01. The quantitative estimate of drug-likeness (QED) is 0.809. The van der Waals surface area contributed by atoms with Gasteiger partial charge in [0.05, 0.1) is 12.7 Å². The zero-order valence-electron chi connectivity index (χ0n) is 10.3. The molecule has 1 heterocycles. The first-order valence-electron chi connectivity index (χ1n) is 5.70. The lowest BCUT2D eigenvalue weighted by Gasteiger charge is -2.04. The van der Waals surface area contributed by atoms with Crippen molar-refractivity contribution in [2.75, 3.05) is 7.11 Å². The van der Waals surface area contributed by atoms with E-state index in [1.54, 1.807) is 0 Å². The van der Waals surface area contributed by atoms with Crippen LogP contribution in [0.1, 0.15) is 17.3 Å². The predicted octanol–water partition coefficient (Wildman–Crippen LogP) is 3.72. The Morgan fingerprint density at radius 1 is 1.28 bits per heavy atom. The molecule has 0 unspecified atom stereocenters. The van der Waals surface area contributed by atoms with Gasteiger partial charge in [-0.2, -0.15) is 0 Å². The van der Waals surface area contributed by atoms with Gasteiger partial charge in [-0.05, 0) is 18.6 Å². The van der Waals surface area contributed by atoms with E-state index in [0.717, 1.165) is 22.1 Å². The van der Waals surface area contributed by atoms with Crippen molar-refractivity contribution >= 4 is 21.9 Å². The smallest absolute Gasteiger partial charge is 0.340 e. The monoisotopic (exact) mass is 307 g/mol. The van der Waals surface area contributed by atoms with E-state index in [-0.39, 0.29) is 5.97 Å². The number of halogens is 1. The number of benzene rings is 1. The second-order valence-electron chi connectivity index (χ2n) is 3.89. The average Bonchev–Trinajstić information content (AvgIpc) is 2.82. The normalized spacial score (nSPS) is 10.4. The van der Waals surface area contributed by atoms with Crippen molar-refractivity contribution in [1.29, 1.82) is 0 Å². The number of aryl methyl sites for hydroxylation is 1. The van der Waals surface area contributed by atoms with Gasteiger partial charge in [0, 0.05) is 29.0 Å². The van der Waals surface area contributed by atoms with Gasteiger partial charge in [-0.1, -0.05) is 34.1 Å². The molecule has 0 aliphatic heterocycles. The summed E-state index contributed by atoms with van der Waals surface area (Å²) in [5, 5.41) is 0. The minimum atomic E-state index is -0.312. The fourth-order valence-corrected chi connectivity index (χ4v) is 2.36. The summed E-state index contributed by atoms with van der Waals surface area (Å²) in [5.41, 5.74) is 2.47. The summed E-state index contributed by atoms with van der Waals surface area (Å²) < 4.78 is 7.76. The Morgan fingerprint density at radius 3 is 2.61 bits per heavy atom. The number of ether oxygens (including phenoxy) is 1. The first-order chi connectivity index (χ1) is 8.67. The molecule has 4 heteroatoms. The Labute approximate surface area is 115 Å². The standard InChI is InChI=1S/C14H14BrNO2/c1-3-16-8-11(12(9-16)14(17)18-2)10-6-4-5-7-13(10)15/h4-9H,3H2,1-2H3. The van der Waals surface area contributed by atoms with Crippen molar-refractivity contribution < 1.29 is 9.53 Å². The van der Waals surface area contributed by atoms with Crippen LogP contribution < -0.4 is 0 Å². The topological polar surface area (TPSA) is 31.2 Å². The number of hydrogen-bond acceptors (Lipinski definition) is 2. The van der Waals surface area contributed by atoms with Crippen molar-refractivity contribution in [3.05, 3.63) is 46.7 Å². The average molecular weight is 308 g/mol. The maximum absolute atomic E-state index is 11.8. The first kappa shape index (κ1) is 12.9. The molecule has 3 nitrogen and oxygen atoms in total. The minimum Gasteiger partial charge on any atom is -0.465 e. The van der Waals surface area contributed by atoms with Crippen LogP contribution >= 0.6 is 15.9 Å². The Kier molecular flexibility index (Phi) is 3.87. The van der Waals surface area contributed by atoms with Gasteiger partial charge in [0.1, 0.15) is 0 Å². The van der Waals surface area contributed by atoms with Gasteiger partial charge in [0.15, 0.2) is 0 Å². The van der Waals surface area contributed by atoms with E-state index >= 15 is 0 Å². The molecule has 0 fully saturated rings. The number of aromatic nitrogens is 1. The second kappa shape index (κ2) is 5.40. The van der Waals surface area contributed by atoms with E-state index in [0.29, 0.717) is 5.56 Å². The number of methoxy groups -OCH3 is 1. The van der Waals surface area contributed by atoms with Crippen LogP contribution in [0.5, 0.6) is 0 Å². The van der Waals surface area contributed by atoms with Gasteiger partial charge in [-0.15, -0.1) is 0 Å². The van der Waals surface area contributed by atoms with Crippen LogP contribution in [0.25, 0.3) is 11.1 Å². The summed E-state index contributed by atoms with van der Waals surface area (Å²) in [6.07, 6.45) is 3.78. The van der Waals surface area contributed by atoms with Crippen LogP contribution in [0, 0.1) is 0 Å². The van der Waals surface area contributed by atoms with Crippen molar-refractivity contribution in [2.45, 2.75) is 13.5 Å². The number of carbonyl (C=O) groups is 1. The highest BCUT2D eigenvalue weighted by atomic mass is 79.9. The van der Waals surface area contributed by atoms with Crippen LogP contribution in [0.4, 0.5) is 0 Å². The van der Waals surface area contributed by atoms with Crippen molar-refractivity contribution in [3.63, 3.8) is 0 Å². The van der Waals surface area contributed by atoms with Gasteiger partial charge in [-0.3, -0.25) is 0 Å². The van der Waals surface area contributed by atoms with E-state index in [1.807, 2.05) is 48.1 Å². The van der Waals surface area contributed by atoms with Crippen LogP contribution in [0.2, 0.25) is 0 Å². The molecule has 0 amide bonds. The third-order valence-corrected chi connectivity index (χ3v) is 3.51. The molecule has 0 N–H and O–H groups in total. The largest absolute Gasteiger partial charge is 0.465 e. The highest BCUT2D eigenvalue weighted by Gasteiger charge is 2.17. The maximum Gasteiger partial charge on any atom is 0.340 e. The van der Waals surface area contributed by atoms with E-state index in [9.17, 15) is 4.79 Å². The van der Waals surface area contributed by atoms with E-state index in [4.69, 9.17) is 4.74 Å². The third-order valence-electron chi connectivity index (χ3n) is 2.81. The van der Waals surface area contributed by atoms with Crippen molar-refractivity contribution in [1.82, 2.24) is 4.57 Å². The number of carbonyl (C=O) groups excluding carboxylic acids is 1. The Bertz CT molecular complexity index is 575. The van der Waals surface area contributed by atoms with E-state index in [1.165, 1.54) is 7.11 Å². The summed E-state index contributed by atoms with van der Waals surface area (Å²) in [4.78, 5) is 11.8. The van der Waals surface area contributed by atoms with Gasteiger partial charge in [0.25, 0.3) is 0 Å². The number of nitrogens with zero attached hydrogens (tertiary/aromatic N) is 1. The van der Waals surface area contributed by atoms with Crippen LogP contribution in [0.3, 0.4) is 0 Å². The molecule has 0 aliphatic rings. The number of rotatable bonds is 3. The fourth-order valence-electron chi connectivity index (χ4n) is 1.86. The summed E-state index contributed by atoms with van der Waals surface area (Å²) in [6, 6.07) is 7.83. The zero-order valence-corrected chi connectivity index (χ0v) is 11.9. The van der Waals surface area contributed by atoms with Crippen LogP contribution in [0.15, 0.2) is 41.1 Å². The zero-order chi connectivity index (χ0) is 13.1.